The lowest BCUT2D eigenvalue weighted by atomic mass is 10.3. The van der Waals surface area contributed by atoms with E-state index in [0.717, 1.165) is 4.57 Å². The highest BCUT2D eigenvalue weighted by molar-refractivity contribution is 7.92. The van der Waals surface area contributed by atoms with Gasteiger partial charge < -0.3 is 26.2 Å². The molecule has 2 aromatic rings. The second-order valence-electron chi connectivity index (χ2n) is 6.14. The number of anilines is 1. The molecule has 0 fully saturated rings. The zero-order valence-electron chi connectivity index (χ0n) is 16.3. The Morgan fingerprint density at radius 1 is 1.22 bits per heavy atom. The monoisotopic (exact) mass is 506 g/mol. The number of sulfonamides is 1. The van der Waals surface area contributed by atoms with Gasteiger partial charge >= 0.3 is 0 Å². The molecule has 0 aliphatic carbocycles. The van der Waals surface area contributed by atoms with Crippen LogP contribution in [0.2, 0.25) is 10.0 Å². The van der Waals surface area contributed by atoms with Crippen molar-refractivity contribution in [1.82, 2.24) is 9.88 Å². The number of halogens is 2. The first-order chi connectivity index (χ1) is 14.5. The van der Waals surface area contributed by atoms with E-state index in [1.54, 1.807) is 6.92 Å². The molecule has 0 bridgehead atoms. The van der Waals surface area contributed by atoms with Gasteiger partial charge in [0.05, 0.1) is 16.6 Å². The normalized spacial score (nSPS) is 10.6. The molecule has 32 heavy (non-hydrogen) atoms. The van der Waals surface area contributed by atoms with Gasteiger partial charge in [-0.05, 0) is 36.3 Å². The van der Waals surface area contributed by atoms with E-state index in [2.05, 4.69) is 15.2 Å². The van der Waals surface area contributed by atoms with Gasteiger partial charge in [0, 0.05) is 5.69 Å². The van der Waals surface area contributed by atoms with Crippen LogP contribution in [0.1, 0.15) is 13.1 Å². The molecule has 0 saturated carbocycles. The number of carbonyl (C=O) groups excluding carboxylic acids is 1. The fourth-order valence-electron chi connectivity index (χ4n) is 2.39. The van der Waals surface area contributed by atoms with Crippen LogP contribution in [0.25, 0.3) is 0 Å². The number of benzene rings is 1. The number of pyridine rings is 1. The number of nitrogens with one attached hydrogen (secondary N) is 2. The first-order valence-corrected chi connectivity index (χ1v) is 10.9. The summed E-state index contributed by atoms with van der Waals surface area (Å²) >= 11 is 11.8. The highest BCUT2D eigenvalue weighted by Crippen LogP contribution is 2.29. The van der Waals surface area contributed by atoms with Crippen molar-refractivity contribution in [3.05, 3.63) is 56.4 Å². The van der Waals surface area contributed by atoms with E-state index in [0.29, 0.717) is 5.69 Å². The predicted octanol–water partition coefficient (Wildman–Crippen LogP) is 1.22. The molecule has 1 aromatic carbocycles. The van der Waals surface area contributed by atoms with Crippen LogP contribution in [0.5, 0.6) is 0 Å². The van der Waals surface area contributed by atoms with Gasteiger partial charge in [0.15, 0.2) is 0 Å². The molecule has 6 N–H and O–H groups in total. The number of nitrogens with two attached hydrogens (primary N) is 2. The Kier molecular flexibility index (Phi) is 9.81. The minimum Gasteiger partial charge on any atom is -0.391 e. The summed E-state index contributed by atoms with van der Waals surface area (Å²) in [6.07, 6.45) is 0. The van der Waals surface area contributed by atoms with Crippen molar-refractivity contribution in [2.45, 2.75) is 25.8 Å². The Hall–Kier alpha value is -2.96. The van der Waals surface area contributed by atoms with Crippen molar-refractivity contribution >= 4 is 50.8 Å². The van der Waals surface area contributed by atoms with Crippen LogP contribution in [0, 0.1) is 6.92 Å². The van der Waals surface area contributed by atoms with E-state index in [4.69, 9.17) is 39.5 Å². The Balaban J connectivity index is 0.00000512. The molecule has 14 heteroatoms. The second kappa shape index (κ2) is 11.6. The van der Waals surface area contributed by atoms with E-state index >= 15 is 0 Å². The predicted molar refractivity (Wildman–Crippen MR) is 124 cm³/mol. The first-order valence-electron chi connectivity index (χ1n) is 8.68. The molecular weight excluding hydrogens is 483 g/mol. The van der Waals surface area contributed by atoms with Gasteiger partial charge in [0.25, 0.3) is 15.6 Å². The maximum Gasteiger partial charge on any atom is 0.275 e. The summed E-state index contributed by atoms with van der Waals surface area (Å²) in [5.74, 6) is -0.761. The summed E-state index contributed by atoms with van der Waals surface area (Å²) < 4.78 is 28.6. The molecule has 1 heterocycles. The topological polar surface area (TPSA) is 171 Å². The van der Waals surface area contributed by atoms with Crippen molar-refractivity contribution in [1.29, 1.82) is 0 Å². The van der Waals surface area contributed by atoms with E-state index in [1.165, 1.54) is 30.3 Å². The van der Waals surface area contributed by atoms with Gasteiger partial charge in [-0.25, -0.2) is 8.42 Å². The van der Waals surface area contributed by atoms with Gasteiger partial charge in [-0.1, -0.05) is 36.7 Å². The number of hydrogen-bond acceptors (Lipinski definition) is 6. The molecule has 0 atom stereocenters. The first kappa shape index (κ1) is 27.1. The standard InChI is InChI=1S/C17H20Cl2N6O5S.CH4/c1-10-5-6-12(24-31(28,29)13-4-2-3-11(18)15(13)19)16(27)25(10)9-14(26)22-7-8-30-23-17(20)21;/h2-6,24H,7-9H2,1H3,(H,22,26)(H4,20,21,23);1H4. The molecule has 1 amide bonds. The highest BCUT2D eigenvalue weighted by atomic mass is 35.5. The summed E-state index contributed by atoms with van der Waals surface area (Å²) in [5.41, 5.74) is 9.66. The zero-order chi connectivity index (χ0) is 23.2. The lowest BCUT2D eigenvalue weighted by Crippen LogP contribution is -2.36. The molecular formula is C18H24Cl2N6O5S. The number of nitrogens with zero attached hydrogens (tertiary/aromatic N) is 2. The summed E-state index contributed by atoms with van der Waals surface area (Å²) in [6, 6.07) is 6.89. The van der Waals surface area contributed by atoms with Crippen LogP contribution in [0.4, 0.5) is 5.69 Å². The van der Waals surface area contributed by atoms with Crippen LogP contribution in [-0.2, 0) is 26.2 Å². The van der Waals surface area contributed by atoms with Gasteiger partial charge in [-0.3, -0.25) is 14.3 Å². The lowest BCUT2D eigenvalue weighted by molar-refractivity contribution is -0.122. The van der Waals surface area contributed by atoms with Crippen molar-refractivity contribution in [2.24, 2.45) is 16.6 Å². The maximum atomic E-state index is 12.8. The zero-order valence-corrected chi connectivity index (χ0v) is 18.6. The van der Waals surface area contributed by atoms with E-state index in [-0.39, 0.29) is 53.7 Å². The molecule has 0 aliphatic rings. The molecule has 1 aromatic heterocycles. The maximum absolute atomic E-state index is 12.8. The fourth-order valence-corrected chi connectivity index (χ4v) is 4.21. The van der Waals surface area contributed by atoms with Crippen molar-refractivity contribution in [3.8, 4) is 0 Å². The number of aryl methyl sites for hydroxylation is 1. The number of carbonyl (C=O) groups is 1. The van der Waals surface area contributed by atoms with Gasteiger partial charge in [-0.15, -0.1) is 0 Å². The lowest BCUT2D eigenvalue weighted by Gasteiger charge is -2.14. The molecule has 0 radical (unpaired) electrons. The molecule has 11 nitrogen and oxygen atoms in total. The Labute approximate surface area is 195 Å². The number of guanidine groups is 1. The van der Waals surface area contributed by atoms with Gasteiger partial charge in [0.2, 0.25) is 11.9 Å². The minimum atomic E-state index is -4.20. The Morgan fingerprint density at radius 3 is 2.56 bits per heavy atom. The third-order valence-corrected chi connectivity index (χ3v) is 6.17. The summed E-state index contributed by atoms with van der Waals surface area (Å²) in [6.45, 7) is 1.35. The van der Waals surface area contributed by atoms with Crippen LogP contribution < -0.4 is 27.1 Å². The van der Waals surface area contributed by atoms with E-state index < -0.39 is 21.5 Å². The van der Waals surface area contributed by atoms with Crippen LogP contribution in [0.3, 0.4) is 0 Å². The van der Waals surface area contributed by atoms with Gasteiger partial charge in [0.1, 0.15) is 23.7 Å². The Bertz CT molecular complexity index is 1160. The van der Waals surface area contributed by atoms with Crippen molar-refractivity contribution in [2.75, 3.05) is 17.9 Å². The summed E-state index contributed by atoms with van der Waals surface area (Å²) in [4.78, 5) is 29.3. The third-order valence-electron chi connectivity index (χ3n) is 3.83. The van der Waals surface area contributed by atoms with Crippen LogP contribution >= 0.6 is 23.2 Å². The molecule has 0 aliphatic heterocycles. The van der Waals surface area contributed by atoms with Crippen LogP contribution in [-0.4, -0.2) is 38.0 Å². The summed E-state index contributed by atoms with van der Waals surface area (Å²) in [5, 5.41) is 5.69. The number of amides is 1. The average Bonchev–Trinajstić information content (AvgIpc) is 2.68. The number of oxime groups is 1. The number of hydrogen-bond donors (Lipinski definition) is 4. The Morgan fingerprint density at radius 2 is 1.91 bits per heavy atom. The third kappa shape index (κ3) is 7.04. The number of aromatic nitrogens is 1. The largest absolute Gasteiger partial charge is 0.391 e. The van der Waals surface area contributed by atoms with Gasteiger partial charge in [-0.2, -0.15) is 0 Å². The quantitative estimate of drug-likeness (QED) is 0.171. The smallest absolute Gasteiger partial charge is 0.275 e. The van der Waals surface area contributed by atoms with Crippen molar-refractivity contribution in [3.63, 3.8) is 0 Å². The number of rotatable bonds is 9. The molecule has 0 saturated heterocycles. The molecule has 0 spiro atoms. The van der Waals surface area contributed by atoms with Crippen molar-refractivity contribution < 1.29 is 18.0 Å². The SMILES string of the molecule is C.Cc1ccc(NS(=O)(=O)c2cccc(Cl)c2Cl)c(=O)n1CC(=O)NCCON=C(N)N. The molecule has 2 rings (SSSR count). The molecule has 176 valence electrons. The van der Waals surface area contributed by atoms with Crippen LogP contribution in [0.15, 0.2) is 45.2 Å². The second-order valence-corrected chi connectivity index (χ2v) is 8.57. The van der Waals surface area contributed by atoms with E-state index in [1.807, 2.05) is 0 Å². The minimum absolute atomic E-state index is 0. The fraction of sp³-hybridized carbons (Fsp3) is 0.278. The molecule has 0 unspecified atom stereocenters. The highest BCUT2D eigenvalue weighted by Gasteiger charge is 2.21. The summed E-state index contributed by atoms with van der Waals surface area (Å²) in [7, 11) is -4.20. The van der Waals surface area contributed by atoms with E-state index in [9.17, 15) is 18.0 Å². The average molecular weight is 507 g/mol.